The third-order valence-electron chi connectivity index (χ3n) is 3.69. The Hall–Kier alpha value is -2.89. The number of anilines is 1. The third kappa shape index (κ3) is 2.09. The molecule has 0 atom stereocenters. The maximum atomic E-state index is 13.4. The van der Waals surface area contributed by atoms with E-state index in [-0.39, 0.29) is 5.91 Å². The molecule has 6 heteroatoms. The molecule has 2 amide bonds. The molecule has 0 saturated carbocycles. The van der Waals surface area contributed by atoms with Crippen molar-refractivity contribution in [1.29, 1.82) is 0 Å². The van der Waals surface area contributed by atoms with Crippen molar-refractivity contribution in [1.82, 2.24) is 4.57 Å². The molecule has 2 heterocycles. The van der Waals surface area contributed by atoms with Crippen LogP contribution < -0.4 is 11.1 Å². The minimum absolute atomic E-state index is 0.304. The predicted molar refractivity (Wildman–Crippen MR) is 81.8 cm³/mol. The van der Waals surface area contributed by atoms with E-state index in [1.807, 2.05) is 6.92 Å². The summed E-state index contributed by atoms with van der Waals surface area (Å²) in [4.78, 5) is 23.7. The zero-order valence-electron chi connectivity index (χ0n) is 12.1. The predicted octanol–water partition coefficient (Wildman–Crippen LogP) is 2.66. The molecule has 0 unspecified atom stereocenters. The molecular formula is C16H14FN3O2. The molecule has 3 N–H and O–H groups in total. The number of carbonyl (C=O) groups is 2. The lowest BCUT2D eigenvalue weighted by Crippen LogP contribution is -2.22. The highest BCUT2D eigenvalue weighted by molar-refractivity contribution is 6.35. The van der Waals surface area contributed by atoms with Crippen LogP contribution in [-0.2, 0) is 4.79 Å². The first-order valence-corrected chi connectivity index (χ1v) is 6.70. The summed E-state index contributed by atoms with van der Waals surface area (Å²) in [5.41, 5.74) is 8.71. The third-order valence-corrected chi connectivity index (χ3v) is 3.69. The lowest BCUT2D eigenvalue weighted by Gasteiger charge is -2.05. The number of aromatic nitrogens is 1. The zero-order valence-corrected chi connectivity index (χ0v) is 12.1. The fourth-order valence-corrected chi connectivity index (χ4v) is 2.73. The molecule has 1 aliphatic heterocycles. The van der Waals surface area contributed by atoms with Gasteiger partial charge in [0.15, 0.2) is 0 Å². The molecule has 2 aromatic rings. The molecule has 0 spiro atoms. The fourth-order valence-electron chi connectivity index (χ4n) is 2.73. The second-order valence-electron chi connectivity index (χ2n) is 5.23. The van der Waals surface area contributed by atoms with Gasteiger partial charge in [-0.2, -0.15) is 0 Å². The van der Waals surface area contributed by atoms with Crippen LogP contribution in [-0.4, -0.2) is 16.5 Å². The van der Waals surface area contributed by atoms with Gasteiger partial charge in [0.1, 0.15) is 5.82 Å². The van der Waals surface area contributed by atoms with Gasteiger partial charge in [-0.25, -0.2) is 9.18 Å². The SMILES string of the molecule is Cc1cc(C)n(C(N)=O)c1C=C1C(=O)Nc2ccc(F)cc21. The van der Waals surface area contributed by atoms with Gasteiger partial charge < -0.3 is 11.1 Å². The summed E-state index contributed by atoms with van der Waals surface area (Å²) in [5, 5.41) is 2.67. The summed E-state index contributed by atoms with van der Waals surface area (Å²) < 4.78 is 14.8. The Morgan fingerprint density at radius 1 is 1.32 bits per heavy atom. The molecular weight excluding hydrogens is 285 g/mol. The second-order valence-corrected chi connectivity index (χ2v) is 5.23. The van der Waals surface area contributed by atoms with E-state index >= 15 is 0 Å². The first-order chi connectivity index (χ1) is 10.4. The van der Waals surface area contributed by atoms with E-state index in [9.17, 15) is 14.0 Å². The van der Waals surface area contributed by atoms with Crippen LogP contribution in [0.5, 0.6) is 0 Å². The van der Waals surface area contributed by atoms with Crippen molar-refractivity contribution in [3.8, 4) is 0 Å². The molecule has 1 aromatic carbocycles. The Morgan fingerprint density at radius 3 is 2.73 bits per heavy atom. The maximum absolute atomic E-state index is 13.4. The normalized spacial score (nSPS) is 15.0. The monoisotopic (exact) mass is 299 g/mol. The van der Waals surface area contributed by atoms with Gasteiger partial charge in [0, 0.05) is 16.9 Å². The molecule has 0 saturated heterocycles. The maximum Gasteiger partial charge on any atom is 0.323 e. The van der Waals surface area contributed by atoms with Crippen molar-refractivity contribution in [2.24, 2.45) is 5.73 Å². The van der Waals surface area contributed by atoms with Gasteiger partial charge >= 0.3 is 6.03 Å². The Balaban J connectivity index is 2.21. The summed E-state index contributed by atoms with van der Waals surface area (Å²) in [6, 6.07) is 5.25. The van der Waals surface area contributed by atoms with Gasteiger partial charge in [-0.05, 0) is 49.8 Å². The molecule has 0 aliphatic carbocycles. The lowest BCUT2D eigenvalue weighted by atomic mass is 10.0. The molecule has 112 valence electrons. The van der Waals surface area contributed by atoms with Gasteiger partial charge in [0.05, 0.1) is 11.3 Å². The van der Waals surface area contributed by atoms with Gasteiger partial charge in [0.25, 0.3) is 5.91 Å². The van der Waals surface area contributed by atoms with E-state index in [0.29, 0.717) is 28.2 Å². The van der Waals surface area contributed by atoms with Crippen molar-refractivity contribution in [3.05, 3.63) is 52.6 Å². The number of rotatable bonds is 1. The van der Waals surface area contributed by atoms with Gasteiger partial charge in [0.2, 0.25) is 0 Å². The molecule has 1 aliphatic rings. The van der Waals surface area contributed by atoms with Crippen LogP contribution in [0.15, 0.2) is 24.3 Å². The quantitative estimate of drug-likeness (QED) is 0.794. The summed E-state index contributed by atoms with van der Waals surface area (Å²) in [7, 11) is 0. The van der Waals surface area contributed by atoms with E-state index in [1.54, 1.807) is 19.1 Å². The van der Waals surface area contributed by atoms with Crippen molar-refractivity contribution in [2.45, 2.75) is 13.8 Å². The topological polar surface area (TPSA) is 77.1 Å². The molecule has 0 radical (unpaired) electrons. The van der Waals surface area contributed by atoms with Crippen molar-refractivity contribution >= 4 is 29.3 Å². The molecule has 1 aromatic heterocycles. The fraction of sp³-hybridized carbons (Fsp3) is 0.125. The minimum Gasteiger partial charge on any atom is -0.351 e. The molecule has 5 nitrogen and oxygen atoms in total. The second kappa shape index (κ2) is 4.84. The van der Waals surface area contributed by atoms with Crippen LogP contribution in [0, 0.1) is 19.7 Å². The van der Waals surface area contributed by atoms with Crippen LogP contribution in [0.2, 0.25) is 0 Å². The number of hydrogen-bond donors (Lipinski definition) is 2. The number of halogens is 1. The van der Waals surface area contributed by atoms with Crippen molar-refractivity contribution in [2.75, 3.05) is 5.32 Å². The summed E-state index contributed by atoms with van der Waals surface area (Å²) in [6.45, 7) is 3.57. The highest BCUT2D eigenvalue weighted by Crippen LogP contribution is 2.34. The summed E-state index contributed by atoms with van der Waals surface area (Å²) in [6.07, 6.45) is 1.56. The first-order valence-electron chi connectivity index (χ1n) is 6.70. The van der Waals surface area contributed by atoms with E-state index in [1.165, 1.54) is 22.8 Å². The molecule has 0 bridgehead atoms. The van der Waals surface area contributed by atoms with E-state index < -0.39 is 11.8 Å². The number of amides is 2. The number of aryl methyl sites for hydroxylation is 2. The number of hydrogen-bond acceptors (Lipinski definition) is 2. The van der Waals surface area contributed by atoms with Crippen LogP contribution in [0.1, 0.15) is 22.5 Å². The highest BCUT2D eigenvalue weighted by atomic mass is 19.1. The number of nitrogens with two attached hydrogens (primary N) is 1. The van der Waals surface area contributed by atoms with E-state index in [4.69, 9.17) is 5.73 Å². The Morgan fingerprint density at radius 2 is 2.05 bits per heavy atom. The molecule has 0 fully saturated rings. The van der Waals surface area contributed by atoms with Crippen LogP contribution in [0.4, 0.5) is 14.9 Å². The number of fused-ring (bicyclic) bond motifs is 1. The number of primary amides is 1. The van der Waals surface area contributed by atoms with E-state index in [0.717, 1.165) is 5.56 Å². The number of benzene rings is 1. The lowest BCUT2D eigenvalue weighted by molar-refractivity contribution is -0.110. The first kappa shape index (κ1) is 14.1. The van der Waals surface area contributed by atoms with Crippen molar-refractivity contribution < 1.29 is 14.0 Å². The van der Waals surface area contributed by atoms with E-state index in [2.05, 4.69) is 5.32 Å². The number of carbonyl (C=O) groups excluding carboxylic acids is 2. The van der Waals surface area contributed by atoms with Crippen molar-refractivity contribution in [3.63, 3.8) is 0 Å². The Labute approximate surface area is 126 Å². The molecule has 22 heavy (non-hydrogen) atoms. The van der Waals surface area contributed by atoms with Gasteiger partial charge in [-0.1, -0.05) is 0 Å². The van der Waals surface area contributed by atoms with Gasteiger partial charge in [-0.3, -0.25) is 9.36 Å². The minimum atomic E-state index is -0.629. The summed E-state index contributed by atoms with van der Waals surface area (Å²) >= 11 is 0. The average Bonchev–Trinajstić information content (AvgIpc) is 2.88. The summed E-state index contributed by atoms with van der Waals surface area (Å²) in [5.74, 6) is -0.769. The number of nitrogens with zero attached hydrogens (tertiary/aromatic N) is 1. The molecule has 3 rings (SSSR count). The van der Waals surface area contributed by atoms with Gasteiger partial charge in [-0.15, -0.1) is 0 Å². The van der Waals surface area contributed by atoms with Crippen LogP contribution in [0.3, 0.4) is 0 Å². The standard InChI is InChI=1S/C16H14FN3O2/c1-8-5-9(2)20(16(18)22)14(8)7-12-11-6-10(17)3-4-13(11)19-15(12)21/h3-7H,1-2H3,(H2,18,22)(H,19,21). The Bertz CT molecular complexity index is 849. The Kier molecular flexibility index (Phi) is 3.09. The average molecular weight is 299 g/mol. The van der Waals surface area contributed by atoms with Crippen LogP contribution >= 0.6 is 0 Å². The number of nitrogens with one attached hydrogen (secondary N) is 1. The zero-order chi connectivity index (χ0) is 16.0. The largest absolute Gasteiger partial charge is 0.351 e. The highest BCUT2D eigenvalue weighted by Gasteiger charge is 2.25. The van der Waals surface area contributed by atoms with Crippen LogP contribution in [0.25, 0.3) is 11.6 Å². The smallest absolute Gasteiger partial charge is 0.323 e.